The molecule has 1 heterocycles. The number of ether oxygens (including phenoxy) is 1. The van der Waals surface area contributed by atoms with E-state index in [1.54, 1.807) is 30.3 Å². The Balaban J connectivity index is 2.10. The molecule has 0 amide bonds. The molecule has 4 nitrogen and oxygen atoms in total. The van der Waals surface area contributed by atoms with Gasteiger partial charge in [-0.15, -0.1) is 0 Å². The van der Waals surface area contributed by atoms with Gasteiger partial charge in [0, 0.05) is 7.11 Å². The summed E-state index contributed by atoms with van der Waals surface area (Å²) in [7, 11) is 1.52. The summed E-state index contributed by atoms with van der Waals surface area (Å²) in [5.74, 6) is -0.0871. The lowest BCUT2D eigenvalue weighted by Crippen LogP contribution is -2.08. The summed E-state index contributed by atoms with van der Waals surface area (Å²) in [5.41, 5.74) is 1.35. The van der Waals surface area contributed by atoms with E-state index < -0.39 is 6.10 Å². The first-order valence-electron chi connectivity index (χ1n) is 6.43. The number of halogens is 1. The minimum absolute atomic E-state index is 0.0974. The SMILES string of the molecule is COC(c1ccc(F)cc1)c1nc(O)c2ccccc2n1. The molecule has 0 saturated heterocycles. The zero-order chi connectivity index (χ0) is 14.8. The van der Waals surface area contributed by atoms with Gasteiger partial charge in [-0.1, -0.05) is 24.3 Å². The summed E-state index contributed by atoms with van der Waals surface area (Å²) >= 11 is 0. The number of para-hydroxylation sites is 1. The van der Waals surface area contributed by atoms with E-state index in [-0.39, 0.29) is 11.7 Å². The normalized spacial score (nSPS) is 12.5. The van der Waals surface area contributed by atoms with E-state index in [0.29, 0.717) is 22.3 Å². The van der Waals surface area contributed by atoms with Gasteiger partial charge in [-0.2, -0.15) is 4.98 Å². The molecular weight excluding hydrogens is 271 g/mol. The number of fused-ring (bicyclic) bond motifs is 1. The number of rotatable bonds is 3. The molecule has 0 aliphatic heterocycles. The van der Waals surface area contributed by atoms with Gasteiger partial charge in [0.2, 0.25) is 5.88 Å². The highest BCUT2D eigenvalue weighted by Crippen LogP contribution is 2.28. The van der Waals surface area contributed by atoms with Crippen LogP contribution in [0.15, 0.2) is 48.5 Å². The van der Waals surface area contributed by atoms with E-state index in [1.807, 2.05) is 6.07 Å². The predicted molar refractivity (Wildman–Crippen MR) is 76.5 cm³/mol. The molecule has 106 valence electrons. The smallest absolute Gasteiger partial charge is 0.222 e. The number of aromatic hydroxyl groups is 1. The quantitative estimate of drug-likeness (QED) is 0.802. The molecule has 3 aromatic rings. The average Bonchev–Trinajstić information content (AvgIpc) is 2.50. The van der Waals surface area contributed by atoms with Gasteiger partial charge >= 0.3 is 0 Å². The molecule has 0 aliphatic rings. The molecule has 0 bridgehead atoms. The second-order valence-corrected chi connectivity index (χ2v) is 4.59. The Labute approximate surface area is 120 Å². The van der Waals surface area contributed by atoms with Gasteiger partial charge < -0.3 is 9.84 Å². The Hall–Kier alpha value is -2.53. The van der Waals surface area contributed by atoms with Crippen molar-refractivity contribution in [3.05, 3.63) is 65.7 Å². The van der Waals surface area contributed by atoms with E-state index in [9.17, 15) is 9.50 Å². The molecule has 1 unspecified atom stereocenters. The lowest BCUT2D eigenvalue weighted by atomic mass is 10.1. The molecule has 2 aromatic carbocycles. The highest BCUT2D eigenvalue weighted by Gasteiger charge is 2.18. The van der Waals surface area contributed by atoms with Crippen molar-refractivity contribution < 1.29 is 14.2 Å². The Morgan fingerprint density at radius 2 is 1.76 bits per heavy atom. The fourth-order valence-electron chi connectivity index (χ4n) is 2.22. The Bertz CT molecular complexity index is 775. The Morgan fingerprint density at radius 3 is 2.48 bits per heavy atom. The maximum Gasteiger partial charge on any atom is 0.222 e. The van der Waals surface area contributed by atoms with Crippen LogP contribution in [-0.4, -0.2) is 22.2 Å². The van der Waals surface area contributed by atoms with Gasteiger partial charge in [0.25, 0.3) is 0 Å². The van der Waals surface area contributed by atoms with Crippen molar-refractivity contribution in [1.29, 1.82) is 0 Å². The standard InChI is InChI=1S/C16H13FN2O2/c1-21-14(10-6-8-11(17)9-7-10)15-18-13-5-3-2-4-12(13)16(20)19-15/h2-9,14H,1H3,(H,18,19,20). The number of hydrogen-bond donors (Lipinski definition) is 1. The molecule has 5 heteroatoms. The summed E-state index contributed by atoms with van der Waals surface area (Å²) in [4.78, 5) is 8.51. The summed E-state index contributed by atoms with van der Waals surface area (Å²) in [6, 6.07) is 13.1. The summed E-state index contributed by atoms with van der Waals surface area (Å²) < 4.78 is 18.4. The third-order valence-electron chi connectivity index (χ3n) is 3.24. The zero-order valence-corrected chi connectivity index (χ0v) is 11.3. The number of methoxy groups -OCH3 is 1. The largest absolute Gasteiger partial charge is 0.493 e. The van der Waals surface area contributed by atoms with E-state index in [1.165, 1.54) is 19.2 Å². The highest BCUT2D eigenvalue weighted by molar-refractivity contribution is 5.83. The highest BCUT2D eigenvalue weighted by atomic mass is 19.1. The average molecular weight is 284 g/mol. The van der Waals surface area contributed by atoms with Crippen molar-refractivity contribution in [2.45, 2.75) is 6.10 Å². The first-order chi connectivity index (χ1) is 10.2. The van der Waals surface area contributed by atoms with Crippen LogP contribution in [0.1, 0.15) is 17.5 Å². The van der Waals surface area contributed by atoms with E-state index in [2.05, 4.69) is 9.97 Å². The minimum Gasteiger partial charge on any atom is -0.493 e. The molecule has 21 heavy (non-hydrogen) atoms. The van der Waals surface area contributed by atoms with Crippen molar-refractivity contribution in [3.63, 3.8) is 0 Å². The van der Waals surface area contributed by atoms with E-state index >= 15 is 0 Å². The van der Waals surface area contributed by atoms with Crippen LogP contribution >= 0.6 is 0 Å². The van der Waals surface area contributed by atoms with Crippen LogP contribution in [0.5, 0.6) is 5.88 Å². The van der Waals surface area contributed by atoms with Crippen LogP contribution in [0.4, 0.5) is 4.39 Å². The van der Waals surface area contributed by atoms with Crippen molar-refractivity contribution in [1.82, 2.24) is 9.97 Å². The first-order valence-corrected chi connectivity index (χ1v) is 6.43. The third kappa shape index (κ3) is 2.55. The summed E-state index contributed by atoms with van der Waals surface area (Å²) in [6.07, 6.45) is -0.568. The van der Waals surface area contributed by atoms with Gasteiger partial charge in [-0.3, -0.25) is 0 Å². The van der Waals surface area contributed by atoms with Gasteiger partial charge in [0.05, 0.1) is 10.9 Å². The fourth-order valence-corrected chi connectivity index (χ4v) is 2.22. The molecule has 1 aromatic heterocycles. The number of aromatic nitrogens is 2. The molecule has 0 radical (unpaired) electrons. The maximum atomic E-state index is 13.0. The monoisotopic (exact) mass is 284 g/mol. The second kappa shape index (κ2) is 5.46. The number of nitrogens with zero attached hydrogens (tertiary/aromatic N) is 2. The molecule has 1 N–H and O–H groups in total. The summed E-state index contributed by atoms with van der Waals surface area (Å²) in [6.45, 7) is 0. The Morgan fingerprint density at radius 1 is 1.05 bits per heavy atom. The number of benzene rings is 2. The van der Waals surface area contributed by atoms with Gasteiger partial charge in [0.15, 0.2) is 5.82 Å². The first kappa shape index (κ1) is 13.5. The van der Waals surface area contributed by atoms with Crippen LogP contribution in [0.2, 0.25) is 0 Å². The van der Waals surface area contributed by atoms with Crippen molar-refractivity contribution in [2.24, 2.45) is 0 Å². The molecule has 0 aliphatic carbocycles. The number of hydrogen-bond acceptors (Lipinski definition) is 4. The van der Waals surface area contributed by atoms with Crippen molar-refractivity contribution >= 4 is 10.9 Å². The lowest BCUT2D eigenvalue weighted by Gasteiger charge is -2.15. The van der Waals surface area contributed by atoms with Crippen LogP contribution in [0.25, 0.3) is 10.9 Å². The minimum atomic E-state index is -0.568. The lowest BCUT2D eigenvalue weighted by molar-refractivity contribution is 0.128. The maximum absolute atomic E-state index is 13.0. The molecule has 0 saturated carbocycles. The zero-order valence-electron chi connectivity index (χ0n) is 11.3. The van der Waals surface area contributed by atoms with Crippen molar-refractivity contribution in [2.75, 3.05) is 7.11 Å². The molecular formula is C16H13FN2O2. The van der Waals surface area contributed by atoms with Gasteiger partial charge in [-0.05, 0) is 29.8 Å². The second-order valence-electron chi connectivity index (χ2n) is 4.59. The van der Waals surface area contributed by atoms with Crippen molar-refractivity contribution in [3.8, 4) is 5.88 Å². The molecule has 0 fully saturated rings. The van der Waals surface area contributed by atoms with E-state index in [4.69, 9.17) is 4.74 Å². The van der Waals surface area contributed by atoms with Crippen LogP contribution in [-0.2, 0) is 4.74 Å². The topological polar surface area (TPSA) is 55.2 Å². The van der Waals surface area contributed by atoms with Crippen LogP contribution < -0.4 is 0 Å². The molecule has 0 spiro atoms. The molecule has 1 atom stereocenters. The van der Waals surface area contributed by atoms with Crippen LogP contribution in [0.3, 0.4) is 0 Å². The van der Waals surface area contributed by atoms with Gasteiger partial charge in [0.1, 0.15) is 11.9 Å². The molecule has 3 rings (SSSR count). The summed E-state index contributed by atoms with van der Waals surface area (Å²) in [5, 5.41) is 10.6. The Kier molecular flexibility index (Phi) is 3.50. The van der Waals surface area contributed by atoms with Crippen LogP contribution in [0, 0.1) is 5.82 Å². The van der Waals surface area contributed by atoms with Gasteiger partial charge in [-0.25, -0.2) is 9.37 Å². The third-order valence-corrected chi connectivity index (χ3v) is 3.24. The van der Waals surface area contributed by atoms with E-state index in [0.717, 1.165) is 0 Å². The predicted octanol–water partition coefficient (Wildman–Crippen LogP) is 3.21. The fraction of sp³-hybridized carbons (Fsp3) is 0.125.